The van der Waals surface area contributed by atoms with Crippen LogP contribution in [0.25, 0.3) is 10.8 Å². The van der Waals surface area contributed by atoms with Crippen molar-refractivity contribution in [3.63, 3.8) is 0 Å². The Bertz CT molecular complexity index is 548. The molecule has 1 amide bonds. The smallest absolute Gasteiger partial charge is 0.214 e. The third kappa shape index (κ3) is 3.27. The number of phenolic OH excluding ortho intramolecular Hbond substituents is 1. The molecular weight excluding hydrogens is 220 g/mol. The maximum absolute atomic E-state index is 10.4. The van der Waals surface area contributed by atoms with E-state index in [0.29, 0.717) is 5.39 Å². The van der Waals surface area contributed by atoms with Gasteiger partial charge in [-0.3, -0.25) is 4.79 Å². The lowest BCUT2D eigenvalue weighted by Crippen LogP contribution is -2.01. The number of phenols is 1. The number of aromatic hydroxyl groups is 1. The highest BCUT2D eigenvalue weighted by Crippen LogP contribution is 2.34. The minimum Gasteiger partial charge on any atom is -0.506 e. The highest BCUT2D eigenvalue weighted by atomic mass is 16.3. The number of primary amides is 1. The molecule has 0 spiro atoms. The first-order valence-electron chi connectivity index (χ1n) is 4.86. The van der Waals surface area contributed by atoms with Crippen molar-refractivity contribution < 1.29 is 9.90 Å². The van der Waals surface area contributed by atoms with E-state index in [9.17, 15) is 14.8 Å². The second kappa shape index (κ2) is 5.60. The number of nitroso groups, excluding NO2 is 1. The number of nitrogens with two attached hydrogens (primary N) is 1. The number of amides is 1. The molecule has 0 aliphatic carbocycles. The van der Waals surface area contributed by atoms with Crippen LogP contribution in [-0.2, 0) is 4.79 Å². The fraction of sp³-hybridized carbons (Fsp3) is 0.0833. The average molecular weight is 232 g/mol. The summed E-state index contributed by atoms with van der Waals surface area (Å²) < 4.78 is 0. The van der Waals surface area contributed by atoms with Gasteiger partial charge >= 0.3 is 0 Å². The van der Waals surface area contributed by atoms with Crippen molar-refractivity contribution in [2.24, 2.45) is 10.9 Å². The van der Waals surface area contributed by atoms with Gasteiger partial charge in [0.05, 0.1) is 0 Å². The molecule has 0 saturated heterocycles. The lowest BCUT2D eigenvalue weighted by Gasteiger charge is -2.00. The monoisotopic (exact) mass is 232 g/mol. The van der Waals surface area contributed by atoms with E-state index in [0.717, 1.165) is 5.39 Å². The Kier molecular flexibility index (Phi) is 4.16. The second-order valence-electron chi connectivity index (χ2n) is 3.36. The number of nitrogens with zero attached hydrogens (tertiary/aromatic N) is 1. The van der Waals surface area contributed by atoms with Crippen molar-refractivity contribution in [2.45, 2.75) is 6.92 Å². The standard InChI is InChI=1S/C10H7NO2.C2H5NO/c12-9-6-5-7-3-1-2-4-8(7)10(9)11-13;1-2(3)4/h1-6,12H;1H3,(H2,3,4). The van der Waals surface area contributed by atoms with E-state index in [1.54, 1.807) is 18.2 Å². The summed E-state index contributed by atoms with van der Waals surface area (Å²) in [4.78, 5) is 19.7. The first kappa shape index (κ1) is 12.6. The number of hydrogen-bond acceptors (Lipinski definition) is 4. The fourth-order valence-corrected chi connectivity index (χ4v) is 1.34. The van der Waals surface area contributed by atoms with Crippen LogP contribution >= 0.6 is 0 Å². The molecule has 0 fully saturated rings. The summed E-state index contributed by atoms with van der Waals surface area (Å²) in [5.74, 6) is -0.409. The molecule has 2 aromatic carbocycles. The minimum atomic E-state index is -0.333. The number of benzene rings is 2. The minimum absolute atomic E-state index is 0.0753. The summed E-state index contributed by atoms with van der Waals surface area (Å²) in [5.41, 5.74) is 4.58. The highest BCUT2D eigenvalue weighted by Gasteiger charge is 2.05. The third-order valence-electron chi connectivity index (χ3n) is 1.97. The average Bonchev–Trinajstić information content (AvgIpc) is 2.28. The molecule has 0 unspecified atom stereocenters. The summed E-state index contributed by atoms with van der Waals surface area (Å²) in [7, 11) is 0. The van der Waals surface area contributed by atoms with Crippen molar-refractivity contribution in [3.8, 4) is 5.75 Å². The van der Waals surface area contributed by atoms with E-state index in [4.69, 9.17) is 0 Å². The van der Waals surface area contributed by atoms with Crippen LogP contribution in [0.4, 0.5) is 5.69 Å². The van der Waals surface area contributed by atoms with Gasteiger partial charge in [-0.05, 0) is 16.6 Å². The zero-order valence-electron chi connectivity index (χ0n) is 9.25. The Hall–Kier alpha value is -2.43. The zero-order valence-corrected chi connectivity index (χ0v) is 9.25. The zero-order chi connectivity index (χ0) is 12.8. The molecule has 0 aromatic heterocycles. The summed E-state index contributed by atoms with van der Waals surface area (Å²) in [6.07, 6.45) is 0. The van der Waals surface area contributed by atoms with Gasteiger partial charge in [0.15, 0.2) is 5.69 Å². The lowest BCUT2D eigenvalue weighted by atomic mass is 10.1. The van der Waals surface area contributed by atoms with E-state index in [1.165, 1.54) is 13.0 Å². The van der Waals surface area contributed by atoms with Crippen LogP contribution in [0.5, 0.6) is 5.75 Å². The third-order valence-corrected chi connectivity index (χ3v) is 1.97. The van der Waals surface area contributed by atoms with Gasteiger partial charge in [-0.2, -0.15) is 0 Å². The van der Waals surface area contributed by atoms with Crippen LogP contribution in [0.1, 0.15) is 6.92 Å². The number of hydrogen-bond donors (Lipinski definition) is 2. The van der Waals surface area contributed by atoms with Gasteiger partial charge in [-0.15, -0.1) is 4.91 Å². The Labute approximate surface area is 97.8 Å². The van der Waals surface area contributed by atoms with Crippen molar-refractivity contribution in [3.05, 3.63) is 41.3 Å². The van der Waals surface area contributed by atoms with Gasteiger partial charge in [0.25, 0.3) is 0 Å². The fourth-order valence-electron chi connectivity index (χ4n) is 1.34. The maximum Gasteiger partial charge on any atom is 0.214 e. The van der Waals surface area contributed by atoms with E-state index in [2.05, 4.69) is 10.9 Å². The van der Waals surface area contributed by atoms with Crippen molar-refractivity contribution in [1.82, 2.24) is 0 Å². The summed E-state index contributed by atoms with van der Waals surface area (Å²) >= 11 is 0. The molecule has 5 heteroatoms. The van der Waals surface area contributed by atoms with Crippen LogP contribution in [0.15, 0.2) is 41.6 Å². The first-order valence-corrected chi connectivity index (χ1v) is 4.86. The molecule has 0 bridgehead atoms. The lowest BCUT2D eigenvalue weighted by molar-refractivity contribution is -0.115. The van der Waals surface area contributed by atoms with E-state index in [1.807, 2.05) is 12.1 Å². The Morgan fingerprint density at radius 2 is 1.82 bits per heavy atom. The molecule has 17 heavy (non-hydrogen) atoms. The Morgan fingerprint density at radius 3 is 2.41 bits per heavy atom. The predicted octanol–water partition coefficient (Wildman–Crippen LogP) is 2.43. The van der Waals surface area contributed by atoms with Crippen molar-refractivity contribution >= 4 is 22.4 Å². The molecule has 3 N–H and O–H groups in total. The Morgan fingerprint density at radius 1 is 1.24 bits per heavy atom. The highest BCUT2D eigenvalue weighted by molar-refractivity contribution is 5.95. The molecule has 0 saturated carbocycles. The van der Waals surface area contributed by atoms with E-state index in [-0.39, 0.29) is 17.3 Å². The van der Waals surface area contributed by atoms with Crippen LogP contribution < -0.4 is 5.73 Å². The second-order valence-corrected chi connectivity index (χ2v) is 3.36. The topological polar surface area (TPSA) is 92.8 Å². The molecule has 2 rings (SSSR count). The van der Waals surface area contributed by atoms with Gasteiger partial charge in [0.2, 0.25) is 5.91 Å². The van der Waals surface area contributed by atoms with Gasteiger partial charge in [0, 0.05) is 12.3 Å². The molecule has 88 valence electrons. The van der Waals surface area contributed by atoms with E-state index >= 15 is 0 Å². The van der Waals surface area contributed by atoms with Gasteiger partial charge in [-0.25, -0.2) is 0 Å². The Balaban J connectivity index is 0.000000317. The normalized spacial score (nSPS) is 9.24. The largest absolute Gasteiger partial charge is 0.506 e. The molecule has 0 heterocycles. The van der Waals surface area contributed by atoms with Gasteiger partial charge < -0.3 is 10.8 Å². The molecule has 0 atom stereocenters. The van der Waals surface area contributed by atoms with Crippen LogP contribution in [0.2, 0.25) is 0 Å². The molecule has 0 radical (unpaired) electrons. The van der Waals surface area contributed by atoms with Crippen molar-refractivity contribution in [1.29, 1.82) is 0 Å². The van der Waals surface area contributed by atoms with Gasteiger partial charge in [-0.1, -0.05) is 30.3 Å². The SMILES string of the molecule is CC(N)=O.O=Nc1c(O)ccc2ccccc12. The summed E-state index contributed by atoms with van der Waals surface area (Å²) in [6, 6.07) is 10.5. The van der Waals surface area contributed by atoms with Crippen LogP contribution in [0.3, 0.4) is 0 Å². The predicted molar refractivity (Wildman–Crippen MR) is 65.9 cm³/mol. The maximum atomic E-state index is 10.4. The number of fused-ring (bicyclic) bond motifs is 1. The number of carbonyl (C=O) groups is 1. The van der Waals surface area contributed by atoms with Gasteiger partial charge in [0.1, 0.15) is 5.75 Å². The summed E-state index contributed by atoms with van der Waals surface area (Å²) in [6.45, 7) is 1.31. The number of carbonyl (C=O) groups excluding carboxylic acids is 1. The van der Waals surface area contributed by atoms with Crippen LogP contribution in [0, 0.1) is 4.91 Å². The van der Waals surface area contributed by atoms with Crippen molar-refractivity contribution in [2.75, 3.05) is 0 Å². The number of rotatable bonds is 1. The molecular formula is C12H12N2O3. The van der Waals surface area contributed by atoms with Crippen LogP contribution in [-0.4, -0.2) is 11.0 Å². The molecule has 2 aromatic rings. The molecule has 0 aliphatic rings. The van der Waals surface area contributed by atoms with E-state index < -0.39 is 0 Å². The first-order chi connectivity index (χ1) is 8.06. The quantitative estimate of drug-likeness (QED) is 0.739. The summed E-state index contributed by atoms with van der Waals surface area (Å²) in [5, 5.41) is 13.7. The molecule has 5 nitrogen and oxygen atoms in total. The molecule has 0 aliphatic heterocycles.